The molecule has 0 bridgehead atoms. The molecule has 0 aliphatic carbocycles. The number of hydrogen-bond donors (Lipinski definition) is 1. The van der Waals surface area contributed by atoms with E-state index in [0.29, 0.717) is 12.0 Å². The molecule has 1 aliphatic rings. The van der Waals surface area contributed by atoms with Gasteiger partial charge in [-0.1, -0.05) is 32.0 Å². The molecule has 3 rings (SSSR count). The molecule has 0 atom stereocenters. The predicted molar refractivity (Wildman–Crippen MR) is 111 cm³/mol. The number of ether oxygens (including phenoxy) is 1. The van der Waals surface area contributed by atoms with Crippen LogP contribution in [0.5, 0.6) is 5.75 Å². The number of nitrogens with zero attached hydrogens (tertiary/aromatic N) is 1. The van der Waals surface area contributed by atoms with E-state index < -0.39 is 0 Å². The first kappa shape index (κ1) is 18.8. The van der Waals surface area contributed by atoms with E-state index in [9.17, 15) is 0 Å². The average molecular weight is 353 g/mol. The summed E-state index contributed by atoms with van der Waals surface area (Å²) in [7, 11) is 2.19. The molecule has 0 radical (unpaired) electrons. The van der Waals surface area contributed by atoms with Gasteiger partial charge in [0.1, 0.15) is 11.9 Å². The zero-order valence-electron chi connectivity index (χ0n) is 16.4. The van der Waals surface area contributed by atoms with Crippen LogP contribution in [0, 0.1) is 5.92 Å². The highest BCUT2D eigenvalue weighted by molar-refractivity contribution is 5.67. The van der Waals surface area contributed by atoms with Crippen LogP contribution in [0.4, 0.5) is 5.69 Å². The number of likely N-dealkylation sites (tertiary alicyclic amines) is 1. The van der Waals surface area contributed by atoms with Gasteiger partial charge in [0, 0.05) is 18.8 Å². The molecule has 0 spiro atoms. The third kappa shape index (κ3) is 5.01. The van der Waals surface area contributed by atoms with Crippen molar-refractivity contribution in [1.29, 1.82) is 0 Å². The number of anilines is 1. The third-order valence-electron chi connectivity index (χ3n) is 5.25. The topological polar surface area (TPSA) is 38.5 Å². The summed E-state index contributed by atoms with van der Waals surface area (Å²) in [5, 5.41) is 0. The zero-order valence-corrected chi connectivity index (χ0v) is 16.4. The maximum atomic E-state index is 6.43. The molecule has 2 N–H and O–H groups in total. The lowest BCUT2D eigenvalue weighted by molar-refractivity contribution is 0.113. The summed E-state index contributed by atoms with van der Waals surface area (Å²) >= 11 is 0. The molecule has 140 valence electrons. The van der Waals surface area contributed by atoms with Crippen molar-refractivity contribution in [3.8, 4) is 16.9 Å². The Morgan fingerprint density at radius 1 is 1.04 bits per heavy atom. The van der Waals surface area contributed by atoms with Crippen molar-refractivity contribution in [3.63, 3.8) is 0 Å². The maximum absolute atomic E-state index is 6.43. The van der Waals surface area contributed by atoms with Crippen LogP contribution in [0.3, 0.4) is 0 Å². The number of nitrogen functional groups attached to an aromatic ring is 1. The van der Waals surface area contributed by atoms with E-state index in [-0.39, 0.29) is 0 Å². The van der Waals surface area contributed by atoms with E-state index in [4.69, 9.17) is 10.5 Å². The highest BCUT2D eigenvalue weighted by Crippen LogP contribution is 2.30. The fourth-order valence-electron chi connectivity index (χ4n) is 3.47. The van der Waals surface area contributed by atoms with E-state index in [0.717, 1.165) is 43.8 Å². The molecular weight excluding hydrogens is 320 g/mol. The van der Waals surface area contributed by atoms with Gasteiger partial charge in [0.25, 0.3) is 0 Å². The Hall–Kier alpha value is -2.00. The number of hydrogen-bond acceptors (Lipinski definition) is 3. The quantitative estimate of drug-likeness (QED) is 0.744. The third-order valence-corrected chi connectivity index (χ3v) is 5.25. The maximum Gasteiger partial charge on any atom is 0.122 e. The second kappa shape index (κ2) is 8.59. The summed E-state index contributed by atoms with van der Waals surface area (Å²) in [6, 6.07) is 14.8. The fraction of sp³-hybridized carbons (Fsp3) is 0.478. The van der Waals surface area contributed by atoms with Gasteiger partial charge in [-0.15, -0.1) is 0 Å². The van der Waals surface area contributed by atoms with Crippen molar-refractivity contribution >= 4 is 5.69 Å². The molecule has 0 amide bonds. The van der Waals surface area contributed by atoms with Gasteiger partial charge in [0.05, 0.1) is 0 Å². The summed E-state index contributed by atoms with van der Waals surface area (Å²) in [6.07, 6.45) is 4.79. The van der Waals surface area contributed by atoms with Gasteiger partial charge in [0.2, 0.25) is 0 Å². The van der Waals surface area contributed by atoms with E-state index in [2.05, 4.69) is 56.1 Å². The lowest BCUT2D eigenvalue weighted by Crippen LogP contribution is -2.35. The second-order valence-corrected chi connectivity index (χ2v) is 8.00. The predicted octanol–water partition coefficient (Wildman–Crippen LogP) is 5.00. The molecule has 1 heterocycles. The Morgan fingerprint density at radius 2 is 1.69 bits per heavy atom. The lowest BCUT2D eigenvalue weighted by atomic mass is 9.97. The van der Waals surface area contributed by atoms with E-state index in [1.54, 1.807) is 0 Å². The first-order chi connectivity index (χ1) is 12.5. The first-order valence-electron chi connectivity index (χ1n) is 9.85. The summed E-state index contributed by atoms with van der Waals surface area (Å²) in [6.45, 7) is 6.80. The van der Waals surface area contributed by atoms with Gasteiger partial charge in [-0.05, 0) is 79.6 Å². The van der Waals surface area contributed by atoms with Crippen molar-refractivity contribution in [1.82, 2.24) is 4.90 Å². The highest BCUT2D eigenvalue weighted by atomic mass is 16.5. The van der Waals surface area contributed by atoms with Crippen LogP contribution in [0.1, 0.15) is 38.7 Å². The largest absolute Gasteiger partial charge is 0.490 e. The molecular formula is C23H32N2O. The van der Waals surface area contributed by atoms with Crippen molar-refractivity contribution in [2.45, 2.75) is 45.6 Å². The lowest BCUT2D eigenvalue weighted by Gasteiger charge is -2.30. The summed E-state index contributed by atoms with van der Waals surface area (Å²) in [5.74, 6) is 1.76. The minimum atomic E-state index is 0.339. The van der Waals surface area contributed by atoms with Crippen LogP contribution in [0.15, 0.2) is 42.5 Å². The van der Waals surface area contributed by atoms with Crippen molar-refractivity contribution in [2.24, 2.45) is 5.92 Å². The van der Waals surface area contributed by atoms with E-state index >= 15 is 0 Å². The normalized spacial score (nSPS) is 16.2. The number of rotatable bonds is 6. The van der Waals surface area contributed by atoms with Crippen LogP contribution in [0.2, 0.25) is 0 Å². The SMILES string of the molecule is CC(C)CCc1cc(-c2ccc(N)cc2)ccc1OC1CCN(C)CC1. The van der Waals surface area contributed by atoms with Crippen LogP contribution < -0.4 is 10.5 Å². The molecule has 0 aromatic heterocycles. The van der Waals surface area contributed by atoms with Gasteiger partial charge in [0.15, 0.2) is 0 Å². The molecule has 1 saturated heterocycles. The number of aryl methyl sites for hydroxylation is 1. The van der Waals surface area contributed by atoms with Crippen LogP contribution in [-0.2, 0) is 6.42 Å². The number of piperidine rings is 1. The van der Waals surface area contributed by atoms with Gasteiger partial charge < -0.3 is 15.4 Å². The highest BCUT2D eigenvalue weighted by Gasteiger charge is 2.19. The summed E-state index contributed by atoms with van der Waals surface area (Å²) < 4.78 is 6.43. The van der Waals surface area contributed by atoms with Crippen molar-refractivity contribution < 1.29 is 4.74 Å². The smallest absolute Gasteiger partial charge is 0.122 e. The number of benzene rings is 2. The molecule has 3 heteroatoms. The van der Waals surface area contributed by atoms with Crippen molar-refractivity contribution in [3.05, 3.63) is 48.0 Å². The second-order valence-electron chi connectivity index (χ2n) is 8.00. The fourth-order valence-corrected chi connectivity index (χ4v) is 3.47. The standard InChI is InChI=1S/C23H32N2O/c1-17(2)4-5-20-16-19(18-6-9-21(24)10-7-18)8-11-23(20)26-22-12-14-25(3)15-13-22/h6-11,16-17,22H,4-5,12-15,24H2,1-3H3. The molecule has 0 saturated carbocycles. The van der Waals surface area contributed by atoms with Gasteiger partial charge in [-0.3, -0.25) is 0 Å². The molecule has 2 aromatic rings. The molecule has 1 fully saturated rings. The summed E-state index contributed by atoms with van der Waals surface area (Å²) in [4.78, 5) is 2.38. The molecule has 2 aromatic carbocycles. The van der Waals surface area contributed by atoms with Gasteiger partial charge >= 0.3 is 0 Å². The zero-order chi connectivity index (χ0) is 18.5. The number of nitrogens with two attached hydrogens (primary N) is 1. The Kier molecular flexibility index (Phi) is 6.20. The average Bonchev–Trinajstić information content (AvgIpc) is 2.63. The van der Waals surface area contributed by atoms with Crippen LogP contribution in [0.25, 0.3) is 11.1 Å². The Balaban J connectivity index is 1.81. The minimum Gasteiger partial charge on any atom is -0.490 e. The summed E-state index contributed by atoms with van der Waals surface area (Å²) in [5.41, 5.74) is 10.4. The van der Waals surface area contributed by atoms with Crippen molar-refractivity contribution in [2.75, 3.05) is 25.9 Å². The monoisotopic (exact) mass is 352 g/mol. The Bertz CT molecular complexity index is 701. The minimum absolute atomic E-state index is 0.339. The molecule has 1 aliphatic heterocycles. The molecule has 26 heavy (non-hydrogen) atoms. The molecule has 3 nitrogen and oxygen atoms in total. The van der Waals surface area contributed by atoms with E-state index in [1.165, 1.54) is 23.1 Å². The van der Waals surface area contributed by atoms with E-state index in [1.807, 2.05) is 12.1 Å². The van der Waals surface area contributed by atoms with Gasteiger partial charge in [-0.25, -0.2) is 0 Å². The van der Waals surface area contributed by atoms with Crippen LogP contribution in [-0.4, -0.2) is 31.1 Å². The van der Waals surface area contributed by atoms with Gasteiger partial charge in [-0.2, -0.15) is 0 Å². The Labute approximate surface area is 158 Å². The first-order valence-corrected chi connectivity index (χ1v) is 9.85. The molecule has 0 unspecified atom stereocenters. The Morgan fingerprint density at radius 3 is 2.35 bits per heavy atom. The van der Waals surface area contributed by atoms with Crippen LogP contribution >= 0.6 is 0 Å².